The van der Waals surface area contributed by atoms with Crippen LogP contribution in [0.25, 0.3) is 11.0 Å². The lowest BCUT2D eigenvalue weighted by atomic mass is 9.91. The summed E-state index contributed by atoms with van der Waals surface area (Å²) in [6, 6.07) is 6.17. The highest BCUT2D eigenvalue weighted by Crippen LogP contribution is 2.39. The summed E-state index contributed by atoms with van der Waals surface area (Å²) in [5.74, 6) is 1.64. The molecule has 2 aliphatic rings. The first-order chi connectivity index (χ1) is 16.3. The maximum atomic E-state index is 13.1. The van der Waals surface area contributed by atoms with E-state index in [9.17, 15) is 9.59 Å². The van der Waals surface area contributed by atoms with Crippen molar-refractivity contribution < 1.29 is 4.79 Å². The minimum Gasteiger partial charge on any atom is -0.351 e. The zero-order chi connectivity index (χ0) is 23.9. The maximum Gasteiger partial charge on any atom is 0.323 e. The van der Waals surface area contributed by atoms with Gasteiger partial charge >= 0.3 is 5.69 Å². The summed E-state index contributed by atoms with van der Waals surface area (Å²) < 4.78 is 0. The number of fused-ring (bicyclic) bond motifs is 2. The zero-order valence-electron chi connectivity index (χ0n) is 20.0. The Morgan fingerprint density at radius 1 is 1.18 bits per heavy atom. The molecule has 1 aliphatic heterocycles. The van der Waals surface area contributed by atoms with E-state index in [0.717, 1.165) is 40.9 Å². The highest BCUT2D eigenvalue weighted by atomic mass is 16.2. The fraction of sp³-hybridized carbons (Fsp3) is 0.480. The van der Waals surface area contributed by atoms with Crippen molar-refractivity contribution in [2.45, 2.75) is 58.5 Å². The van der Waals surface area contributed by atoms with Crippen LogP contribution in [0, 0.1) is 5.41 Å². The first kappa shape index (κ1) is 22.3. The number of benzene rings is 1. The van der Waals surface area contributed by atoms with Crippen molar-refractivity contribution in [2.24, 2.45) is 10.4 Å². The number of amides is 1. The molecule has 1 aromatic carbocycles. The third-order valence-corrected chi connectivity index (χ3v) is 6.91. The van der Waals surface area contributed by atoms with Gasteiger partial charge in [-0.3, -0.25) is 9.79 Å². The Morgan fingerprint density at radius 2 is 1.94 bits per heavy atom. The summed E-state index contributed by atoms with van der Waals surface area (Å²) in [6.45, 7) is 5.19. The van der Waals surface area contributed by atoms with Crippen molar-refractivity contribution in [2.75, 3.05) is 23.4 Å². The predicted octanol–water partition coefficient (Wildman–Crippen LogP) is 3.21. The van der Waals surface area contributed by atoms with Crippen LogP contribution in [0.5, 0.6) is 0 Å². The monoisotopic (exact) mass is 461 g/mol. The van der Waals surface area contributed by atoms with Crippen LogP contribution in [-0.2, 0) is 17.8 Å². The molecule has 5 rings (SSSR count). The number of rotatable bonds is 5. The second kappa shape index (κ2) is 8.70. The molecule has 178 valence electrons. The van der Waals surface area contributed by atoms with Crippen LogP contribution in [0.4, 0.5) is 11.5 Å². The van der Waals surface area contributed by atoms with Crippen LogP contribution >= 0.6 is 0 Å². The lowest BCUT2D eigenvalue weighted by Gasteiger charge is -2.34. The van der Waals surface area contributed by atoms with Gasteiger partial charge in [0, 0.05) is 32.3 Å². The van der Waals surface area contributed by atoms with Gasteiger partial charge in [-0.1, -0.05) is 18.9 Å². The topological polar surface area (TPSA) is 110 Å². The molecule has 0 bridgehead atoms. The van der Waals surface area contributed by atoms with Crippen molar-refractivity contribution in [3.8, 4) is 0 Å². The number of aliphatic imine (C=N–C) groups is 1. The van der Waals surface area contributed by atoms with Crippen molar-refractivity contribution in [1.29, 1.82) is 0 Å². The maximum absolute atomic E-state index is 13.1. The van der Waals surface area contributed by atoms with Crippen LogP contribution in [-0.4, -0.2) is 51.7 Å². The Balaban J connectivity index is 1.36. The molecule has 0 unspecified atom stereocenters. The van der Waals surface area contributed by atoms with Crippen molar-refractivity contribution in [1.82, 2.24) is 19.9 Å². The Morgan fingerprint density at radius 3 is 2.74 bits per heavy atom. The van der Waals surface area contributed by atoms with Crippen molar-refractivity contribution in [3.05, 3.63) is 46.3 Å². The summed E-state index contributed by atoms with van der Waals surface area (Å²) in [5, 5.41) is 0. The average Bonchev–Trinajstić information content (AvgIpc) is 3.46. The number of carbonyl (C=O) groups is 1. The number of anilines is 2. The number of imidazole rings is 1. The molecule has 1 amide bonds. The van der Waals surface area contributed by atoms with E-state index in [1.165, 1.54) is 12.8 Å². The summed E-state index contributed by atoms with van der Waals surface area (Å²) in [6.07, 6.45) is 8.82. The van der Waals surface area contributed by atoms with Gasteiger partial charge < -0.3 is 19.8 Å². The van der Waals surface area contributed by atoms with Crippen LogP contribution in [0.1, 0.15) is 50.9 Å². The molecule has 3 heterocycles. The highest BCUT2D eigenvalue weighted by Gasteiger charge is 2.41. The van der Waals surface area contributed by atoms with Gasteiger partial charge in [-0.15, -0.1) is 0 Å². The summed E-state index contributed by atoms with van der Waals surface area (Å²) >= 11 is 0. The van der Waals surface area contributed by atoms with Crippen molar-refractivity contribution in [3.63, 3.8) is 0 Å². The van der Waals surface area contributed by atoms with E-state index in [-0.39, 0.29) is 11.6 Å². The number of aromatic nitrogens is 4. The van der Waals surface area contributed by atoms with Crippen molar-refractivity contribution >= 4 is 34.7 Å². The number of nitrogens with one attached hydrogen (secondary N) is 2. The normalized spacial score (nSPS) is 18.7. The Kier molecular flexibility index (Phi) is 5.71. The van der Waals surface area contributed by atoms with Gasteiger partial charge in [-0.25, -0.2) is 14.8 Å². The number of H-pyrrole nitrogens is 2. The molecule has 0 atom stereocenters. The van der Waals surface area contributed by atoms with E-state index in [1.807, 2.05) is 45.3 Å². The second-order valence-corrected chi connectivity index (χ2v) is 10.00. The Hall–Kier alpha value is -3.49. The molecule has 0 spiro atoms. The Labute approximate surface area is 198 Å². The fourth-order valence-electron chi connectivity index (χ4n) is 5.09. The molecular weight excluding hydrogens is 430 g/mol. The van der Waals surface area contributed by atoms with Gasteiger partial charge in [0.25, 0.3) is 0 Å². The molecule has 2 N–H and O–H groups in total. The van der Waals surface area contributed by atoms with E-state index >= 15 is 0 Å². The van der Waals surface area contributed by atoms with E-state index in [2.05, 4.69) is 24.8 Å². The van der Waals surface area contributed by atoms with Gasteiger partial charge in [0.1, 0.15) is 11.5 Å². The molecule has 1 fully saturated rings. The second-order valence-electron chi connectivity index (χ2n) is 10.00. The van der Waals surface area contributed by atoms with E-state index in [0.29, 0.717) is 31.4 Å². The lowest BCUT2D eigenvalue weighted by molar-refractivity contribution is -0.125. The summed E-state index contributed by atoms with van der Waals surface area (Å²) in [4.78, 5) is 48.1. The molecular formula is C25H31N7O2. The van der Waals surface area contributed by atoms with Gasteiger partial charge in [0.15, 0.2) is 5.82 Å². The number of hydrogen-bond donors (Lipinski definition) is 2. The number of carbonyl (C=O) groups excluding carboxylic acids is 1. The van der Waals surface area contributed by atoms with E-state index < -0.39 is 5.41 Å². The van der Waals surface area contributed by atoms with E-state index in [1.54, 1.807) is 11.1 Å². The molecule has 0 saturated heterocycles. The van der Waals surface area contributed by atoms with Crippen LogP contribution < -0.4 is 15.5 Å². The quantitative estimate of drug-likeness (QED) is 0.567. The SMILES string of the molecule is CN1C(=O)C(C)(C)CN(C2CCCC2)c2nc(CC=NCc3ccc4[nH]c(=O)[nH]c4c3)ncc21. The minimum atomic E-state index is -0.496. The van der Waals surface area contributed by atoms with Gasteiger partial charge in [0.2, 0.25) is 5.91 Å². The van der Waals surface area contributed by atoms with Crippen LogP contribution in [0.15, 0.2) is 34.2 Å². The first-order valence-electron chi connectivity index (χ1n) is 11.9. The van der Waals surface area contributed by atoms with Crippen LogP contribution in [0.2, 0.25) is 0 Å². The third kappa shape index (κ3) is 4.22. The lowest BCUT2D eigenvalue weighted by Crippen LogP contribution is -2.45. The number of aromatic amines is 2. The fourth-order valence-corrected chi connectivity index (χ4v) is 5.09. The summed E-state index contributed by atoms with van der Waals surface area (Å²) in [7, 11) is 1.82. The standard InChI is InChI=1S/C25H31N7O2/c1-25(2)15-32(17-6-4-5-7-17)22-20(31(3)23(25)33)14-27-21(30-22)10-11-26-13-16-8-9-18-19(12-16)29-24(34)28-18/h8-9,11-12,14,17H,4-7,10,13,15H2,1-3H3,(H2,28,29,34). The molecule has 2 aromatic heterocycles. The third-order valence-electron chi connectivity index (χ3n) is 6.91. The Bertz CT molecular complexity index is 1300. The number of nitrogens with zero attached hydrogens (tertiary/aromatic N) is 5. The molecule has 9 nitrogen and oxygen atoms in total. The largest absolute Gasteiger partial charge is 0.351 e. The summed E-state index contributed by atoms with van der Waals surface area (Å²) in [5.41, 5.74) is 2.65. The average molecular weight is 462 g/mol. The molecule has 34 heavy (non-hydrogen) atoms. The molecule has 9 heteroatoms. The smallest absolute Gasteiger partial charge is 0.323 e. The minimum absolute atomic E-state index is 0.0906. The van der Waals surface area contributed by atoms with Gasteiger partial charge in [0.05, 0.1) is 29.2 Å². The van der Waals surface area contributed by atoms with Gasteiger partial charge in [-0.2, -0.15) is 0 Å². The zero-order valence-corrected chi connectivity index (χ0v) is 20.0. The highest BCUT2D eigenvalue weighted by molar-refractivity contribution is 6.00. The van der Waals surface area contributed by atoms with Gasteiger partial charge in [-0.05, 0) is 44.4 Å². The number of hydrogen-bond acceptors (Lipinski definition) is 6. The molecule has 1 saturated carbocycles. The molecule has 0 radical (unpaired) electrons. The first-order valence-corrected chi connectivity index (χ1v) is 11.9. The van der Waals surface area contributed by atoms with Crippen LogP contribution in [0.3, 0.4) is 0 Å². The van der Waals surface area contributed by atoms with E-state index in [4.69, 9.17) is 4.98 Å². The molecule has 1 aliphatic carbocycles. The predicted molar refractivity (Wildman–Crippen MR) is 134 cm³/mol. The molecule has 3 aromatic rings.